The number of amidine groups is 1. The third kappa shape index (κ3) is 3.68. The van der Waals surface area contributed by atoms with Crippen molar-refractivity contribution in [2.75, 3.05) is 11.6 Å². The van der Waals surface area contributed by atoms with Crippen molar-refractivity contribution >= 4 is 17.4 Å². The quantitative estimate of drug-likeness (QED) is 0.811. The number of anilines is 1. The number of carbonyl (C=O) groups is 1. The van der Waals surface area contributed by atoms with Crippen molar-refractivity contribution < 1.29 is 9.32 Å². The first-order valence-electron chi connectivity index (χ1n) is 10.7. The summed E-state index contributed by atoms with van der Waals surface area (Å²) >= 11 is 0. The first kappa shape index (κ1) is 20.4. The van der Waals surface area contributed by atoms with Gasteiger partial charge in [-0.3, -0.25) is 15.2 Å². The Morgan fingerprint density at radius 1 is 1.27 bits per heavy atom. The second-order valence-corrected chi connectivity index (χ2v) is 9.06. The van der Waals surface area contributed by atoms with Crippen molar-refractivity contribution in [1.29, 1.82) is 0 Å². The summed E-state index contributed by atoms with van der Waals surface area (Å²) in [6, 6.07) is 12.0. The zero-order valence-corrected chi connectivity index (χ0v) is 18.4. The van der Waals surface area contributed by atoms with Crippen LogP contribution in [-0.4, -0.2) is 40.0 Å². The number of hydrogen-bond acceptors (Lipinski definition) is 6. The van der Waals surface area contributed by atoms with E-state index >= 15 is 0 Å². The molecule has 1 saturated heterocycles. The second kappa shape index (κ2) is 7.78. The van der Waals surface area contributed by atoms with Gasteiger partial charge in [-0.2, -0.15) is 0 Å². The molecule has 1 aromatic carbocycles. The lowest BCUT2D eigenvalue weighted by molar-refractivity contribution is -0.134. The highest BCUT2D eigenvalue weighted by atomic mass is 16.5. The molecule has 1 amide bonds. The summed E-state index contributed by atoms with van der Waals surface area (Å²) in [6.45, 7) is 10.9. The van der Waals surface area contributed by atoms with Crippen LogP contribution in [0.2, 0.25) is 0 Å². The van der Waals surface area contributed by atoms with Crippen LogP contribution < -0.4 is 10.4 Å². The molecule has 0 saturated carbocycles. The fourth-order valence-corrected chi connectivity index (χ4v) is 4.49. The van der Waals surface area contributed by atoms with Crippen LogP contribution in [0.25, 0.3) is 0 Å². The van der Waals surface area contributed by atoms with E-state index in [0.29, 0.717) is 5.76 Å². The Morgan fingerprint density at radius 3 is 2.63 bits per heavy atom. The Labute approximate surface area is 178 Å². The molecule has 2 aliphatic rings. The number of nitrogens with zero attached hydrogens (tertiary/aromatic N) is 4. The van der Waals surface area contributed by atoms with Crippen molar-refractivity contribution in [3.05, 3.63) is 47.9 Å². The van der Waals surface area contributed by atoms with Crippen LogP contribution in [0.4, 0.5) is 5.69 Å². The molecule has 2 unspecified atom stereocenters. The first-order chi connectivity index (χ1) is 14.3. The van der Waals surface area contributed by atoms with Crippen LogP contribution in [0.1, 0.15) is 57.9 Å². The maximum absolute atomic E-state index is 13.6. The van der Waals surface area contributed by atoms with Gasteiger partial charge in [-0.15, -0.1) is 0 Å². The Balaban J connectivity index is 1.58. The fourth-order valence-electron chi connectivity index (χ4n) is 4.49. The molecule has 2 aliphatic heterocycles. The van der Waals surface area contributed by atoms with Gasteiger partial charge in [0, 0.05) is 12.6 Å². The Bertz CT molecular complexity index is 934. The highest BCUT2D eigenvalue weighted by molar-refractivity contribution is 5.96. The van der Waals surface area contributed by atoms with Gasteiger partial charge in [0.1, 0.15) is 23.2 Å². The predicted octanol–water partition coefficient (Wildman–Crippen LogP) is 3.87. The van der Waals surface area contributed by atoms with Crippen LogP contribution in [0.15, 0.2) is 45.9 Å². The summed E-state index contributed by atoms with van der Waals surface area (Å²) in [4.78, 5) is 20.6. The van der Waals surface area contributed by atoms with Crippen molar-refractivity contribution in [1.82, 2.24) is 15.5 Å². The zero-order chi connectivity index (χ0) is 21.5. The Hall–Kier alpha value is -2.83. The lowest BCUT2D eigenvalue weighted by Crippen LogP contribution is -2.52. The number of likely N-dealkylation sites (tertiary alicyclic amines) is 1. The van der Waals surface area contributed by atoms with Gasteiger partial charge in [-0.05, 0) is 51.7 Å². The molecule has 7 nitrogen and oxygen atoms in total. The molecule has 0 bridgehead atoms. The topological polar surface area (TPSA) is 74.0 Å². The molecule has 1 N–H and O–H groups in total. The smallest absolute Gasteiger partial charge is 0.234 e. The van der Waals surface area contributed by atoms with Crippen LogP contribution in [0.3, 0.4) is 0 Å². The van der Waals surface area contributed by atoms with Gasteiger partial charge in [0.25, 0.3) is 0 Å². The van der Waals surface area contributed by atoms with Gasteiger partial charge in [0.15, 0.2) is 0 Å². The van der Waals surface area contributed by atoms with Crippen molar-refractivity contribution in [2.24, 2.45) is 10.9 Å². The molecular formula is C23H31N5O2. The molecule has 1 aromatic heterocycles. The minimum absolute atomic E-state index is 0.0595. The number of amides is 1. The Morgan fingerprint density at radius 2 is 2.00 bits per heavy atom. The van der Waals surface area contributed by atoms with E-state index < -0.39 is 5.66 Å². The van der Waals surface area contributed by atoms with Crippen LogP contribution in [-0.2, 0) is 4.79 Å². The summed E-state index contributed by atoms with van der Waals surface area (Å²) < 4.78 is 5.49. The first-order valence-corrected chi connectivity index (χ1v) is 10.7. The molecule has 7 heteroatoms. The number of nitrogens with one attached hydrogen (secondary N) is 1. The third-order valence-corrected chi connectivity index (χ3v) is 5.92. The molecular weight excluding hydrogens is 378 g/mol. The van der Waals surface area contributed by atoms with Gasteiger partial charge in [-0.25, -0.2) is 4.99 Å². The summed E-state index contributed by atoms with van der Waals surface area (Å²) in [6.07, 6.45) is 1.86. The second-order valence-electron chi connectivity index (χ2n) is 9.06. The molecule has 0 spiro atoms. The minimum atomic E-state index is -0.437. The van der Waals surface area contributed by atoms with Gasteiger partial charge in [0.2, 0.25) is 5.91 Å². The number of benzene rings is 1. The van der Waals surface area contributed by atoms with E-state index in [1.165, 1.54) is 0 Å². The molecule has 2 aromatic rings. The monoisotopic (exact) mass is 409 g/mol. The van der Waals surface area contributed by atoms with Crippen LogP contribution in [0, 0.1) is 12.8 Å². The van der Waals surface area contributed by atoms with Gasteiger partial charge in [-0.1, -0.05) is 37.2 Å². The summed E-state index contributed by atoms with van der Waals surface area (Å²) in [7, 11) is 0. The van der Waals surface area contributed by atoms with E-state index in [1.807, 2.05) is 36.1 Å². The number of carbonyl (C=O) groups excluding carboxylic acids is 1. The van der Waals surface area contributed by atoms with Crippen LogP contribution in [0.5, 0.6) is 0 Å². The molecule has 0 radical (unpaired) electrons. The van der Waals surface area contributed by atoms with E-state index in [2.05, 4.69) is 55.4 Å². The van der Waals surface area contributed by atoms with E-state index in [-0.39, 0.29) is 23.8 Å². The van der Waals surface area contributed by atoms with Gasteiger partial charge in [0.05, 0.1) is 17.4 Å². The summed E-state index contributed by atoms with van der Waals surface area (Å²) in [5.41, 5.74) is 4.90. The number of aryl methyl sites for hydroxylation is 1. The molecule has 4 rings (SSSR count). The number of hydrogen-bond donors (Lipinski definition) is 1. The average Bonchev–Trinajstić information content (AvgIpc) is 3.40. The lowest BCUT2D eigenvalue weighted by Gasteiger charge is -2.32. The largest absolute Gasteiger partial charge is 0.360 e. The number of rotatable bonds is 5. The normalized spacial score (nSPS) is 21.7. The van der Waals surface area contributed by atoms with E-state index in [4.69, 9.17) is 9.52 Å². The Kier molecular flexibility index (Phi) is 5.30. The molecule has 3 heterocycles. The molecule has 1 fully saturated rings. The van der Waals surface area contributed by atoms with Crippen molar-refractivity contribution in [2.45, 2.75) is 65.1 Å². The number of para-hydroxylation sites is 1. The lowest BCUT2D eigenvalue weighted by atomic mass is 9.91. The van der Waals surface area contributed by atoms with Crippen LogP contribution >= 0.6 is 0 Å². The highest BCUT2D eigenvalue weighted by Gasteiger charge is 2.43. The summed E-state index contributed by atoms with van der Waals surface area (Å²) in [5, 5.41) is 6.07. The SMILES string of the molecule is Cc1cc(C(C(=O)N2CCCC2C2=NC(C)(C)N(c3ccccc3)N2)C(C)C)on1. The fraction of sp³-hybridized carbons (Fsp3) is 0.522. The predicted molar refractivity (Wildman–Crippen MR) is 117 cm³/mol. The summed E-state index contributed by atoms with van der Waals surface area (Å²) in [5.74, 6) is 1.36. The molecule has 160 valence electrons. The number of aromatic nitrogens is 1. The molecule has 30 heavy (non-hydrogen) atoms. The maximum Gasteiger partial charge on any atom is 0.234 e. The van der Waals surface area contributed by atoms with Gasteiger partial charge < -0.3 is 9.42 Å². The third-order valence-electron chi connectivity index (χ3n) is 5.92. The minimum Gasteiger partial charge on any atom is -0.360 e. The zero-order valence-electron chi connectivity index (χ0n) is 18.4. The van der Waals surface area contributed by atoms with Gasteiger partial charge >= 0.3 is 0 Å². The molecule has 2 atom stereocenters. The van der Waals surface area contributed by atoms with Crippen molar-refractivity contribution in [3.63, 3.8) is 0 Å². The number of aliphatic imine (C=N–C) groups is 1. The van der Waals surface area contributed by atoms with E-state index in [1.54, 1.807) is 0 Å². The standard InChI is InChI=1S/C23H31N5O2/c1-15(2)20(19-14-16(3)26-30-19)22(29)27-13-9-12-18(27)21-24-23(4,5)28(25-21)17-10-7-6-8-11-17/h6-8,10-11,14-15,18,20H,9,12-13H2,1-5H3,(H,24,25). The maximum atomic E-state index is 13.6. The number of hydrazine groups is 1. The van der Waals surface area contributed by atoms with Crippen molar-refractivity contribution in [3.8, 4) is 0 Å². The highest BCUT2D eigenvalue weighted by Crippen LogP contribution is 2.33. The molecule has 0 aliphatic carbocycles. The van der Waals surface area contributed by atoms with E-state index in [9.17, 15) is 4.79 Å². The average molecular weight is 410 g/mol. The van der Waals surface area contributed by atoms with E-state index in [0.717, 1.165) is 36.6 Å².